The fourth-order valence-corrected chi connectivity index (χ4v) is 4.30. The third kappa shape index (κ3) is 5.36. The molecule has 0 aromatic heterocycles. The molecule has 7 heteroatoms. The molecular weight excluding hydrogens is 404 g/mol. The van der Waals surface area contributed by atoms with Gasteiger partial charge in [0.15, 0.2) is 0 Å². The molecule has 0 heterocycles. The van der Waals surface area contributed by atoms with Crippen LogP contribution in [0.1, 0.15) is 5.56 Å². The Morgan fingerprint density at radius 2 is 1.26 bits per heavy atom. The van der Waals surface area contributed by atoms with Crippen LogP contribution in [0.5, 0.6) is 11.5 Å². The molecule has 3 aromatic rings. The van der Waals surface area contributed by atoms with Crippen LogP contribution in [0.25, 0.3) is 0 Å². The monoisotopic (exact) mass is 419 g/mol. The number of para-hydroxylation sites is 2. The number of hydrogen-bond acceptors (Lipinski definition) is 4. The van der Waals surface area contributed by atoms with Crippen LogP contribution in [0.3, 0.4) is 0 Å². The van der Waals surface area contributed by atoms with Crippen LogP contribution in [0.2, 0.25) is 10.0 Å². The Morgan fingerprint density at radius 1 is 0.778 bits per heavy atom. The number of nitrogens with zero attached hydrogens (tertiary/aromatic N) is 1. The Bertz CT molecular complexity index is 846. The molecule has 0 fully saturated rings. The SMILES string of the molecule is ON=C(CP(Oc1ccccc1)Oc1ccccc1)c1c(Cl)cccc1Cl. The Kier molecular flexibility index (Phi) is 6.94. The Morgan fingerprint density at radius 3 is 1.70 bits per heavy atom. The Labute approximate surface area is 168 Å². The average Bonchev–Trinajstić information content (AvgIpc) is 2.68. The topological polar surface area (TPSA) is 51.1 Å². The quantitative estimate of drug-likeness (QED) is 0.202. The van der Waals surface area contributed by atoms with Crippen LogP contribution >= 0.6 is 31.6 Å². The van der Waals surface area contributed by atoms with Gasteiger partial charge in [-0.1, -0.05) is 70.8 Å². The minimum absolute atomic E-state index is 0.194. The van der Waals surface area contributed by atoms with Crippen molar-refractivity contribution in [2.45, 2.75) is 0 Å². The van der Waals surface area contributed by atoms with E-state index in [0.717, 1.165) is 0 Å². The molecule has 4 nitrogen and oxygen atoms in total. The maximum Gasteiger partial charge on any atom is 0.296 e. The number of hydrogen-bond donors (Lipinski definition) is 1. The van der Waals surface area contributed by atoms with Crippen LogP contribution in [0, 0.1) is 0 Å². The van der Waals surface area contributed by atoms with E-state index in [2.05, 4.69) is 5.16 Å². The molecule has 0 aliphatic rings. The normalized spacial score (nSPS) is 11.4. The molecule has 138 valence electrons. The van der Waals surface area contributed by atoms with Gasteiger partial charge in [-0.2, -0.15) is 0 Å². The minimum atomic E-state index is -1.51. The van der Waals surface area contributed by atoms with Gasteiger partial charge in [0.2, 0.25) is 0 Å². The van der Waals surface area contributed by atoms with Crippen molar-refractivity contribution in [3.63, 3.8) is 0 Å². The van der Waals surface area contributed by atoms with Gasteiger partial charge in [0.1, 0.15) is 17.2 Å². The second-order valence-electron chi connectivity index (χ2n) is 5.44. The lowest BCUT2D eigenvalue weighted by atomic mass is 10.1. The summed E-state index contributed by atoms with van der Waals surface area (Å²) < 4.78 is 12.0. The van der Waals surface area contributed by atoms with Crippen LogP contribution in [-0.2, 0) is 0 Å². The average molecular weight is 420 g/mol. The van der Waals surface area contributed by atoms with Crippen LogP contribution in [0.15, 0.2) is 84.0 Å². The smallest absolute Gasteiger partial charge is 0.296 e. The van der Waals surface area contributed by atoms with Crippen molar-refractivity contribution in [2.75, 3.05) is 6.16 Å². The summed E-state index contributed by atoms with van der Waals surface area (Å²) in [6.07, 6.45) is 0.194. The lowest BCUT2D eigenvalue weighted by Gasteiger charge is -2.20. The van der Waals surface area contributed by atoms with E-state index in [1.54, 1.807) is 18.2 Å². The predicted molar refractivity (Wildman–Crippen MR) is 111 cm³/mol. The van der Waals surface area contributed by atoms with E-state index in [1.807, 2.05) is 60.7 Å². The molecule has 0 aliphatic carbocycles. The fraction of sp³-hybridized carbons (Fsp3) is 0.0500. The zero-order valence-electron chi connectivity index (χ0n) is 14.1. The van der Waals surface area contributed by atoms with Gasteiger partial charge in [0.25, 0.3) is 8.38 Å². The largest absolute Gasteiger partial charge is 0.438 e. The molecule has 0 saturated carbocycles. The first-order chi connectivity index (χ1) is 13.2. The van der Waals surface area contributed by atoms with Gasteiger partial charge in [-0.25, -0.2) is 0 Å². The third-order valence-corrected chi connectivity index (χ3v) is 5.57. The molecule has 3 rings (SSSR count). The molecule has 0 aliphatic heterocycles. The van der Waals surface area contributed by atoms with Gasteiger partial charge < -0.3 is 14.3 Å². The molecule has 27 heavy (non-hydrogen) atoms. The molecule has 0 radical (unpaired) electrons. The van der Waals surface area contributed by atoms with Gasteiger partial charge in [-0.15, -0.1) is 0 Å². The van der Waals surface area contributed by atoms with Crippen molar-refractivity contribution in [1.82, 2.24) is 0 Å². The second-order valence-corrected chi connectivity index (χ2v) is 7.60. The highest BCUT2D eigenvalue weighted by Gasteiger charge is 2.23. The van der Waals surface area contributed by atoms with E-state index >= 15 is 0 Å². The summed E-state index contributed by atoms with van der Waals surface area (Å²) in [6.45, 7) is 0. The number of benzene rings is 3. The highest BCUT2D eigenvalue weighted by molar-refractivity contribution is 7.49. The highest BCUT2D eigenvalue weighted by Crippen LogP contribution is 2.42. The summed E-state index contributed by atoms with van der Waals surface area (Å²) in [6, 6.07) is 23.7. The number of halogens is 2. The van der Waals surface area contributed by atoms with Gasteiger partial charge in [0, 0.05) is 5.56 Å². The molecule has 0 amide bonds. The van der Waals surface area contributed by atoms with Crippen molar-refractivity contribution < 1.29 is 14.3 Å². The van der Waals surface area contributed by atoms with Crippen molar-refractivity contribution in [2.24, 2.45) is 5.16 Å². The molecule has 0 bridgehead atoms. The van der Waals surface area contributed by atoms with Crippen LogP contribution < -0.4 is 9.05 Å². The summed E-state index contributed by atoms with van der Waals surface area (Å²) >= 11 is 12.5. The molecule has 1 N–H and O–H groups in total. The van der Waals surface area contributed by atoms with Crippen molar-refractivity contribution in [3.05, 3.63) is 94.5 Å². The van der Waals surface area contributed by atoms with E-state index in [-0.39, 0.29) is 6.16 Å². The van der Waals surface area contributed by atoms with Crippen molar-refractivity contribution >= 4 is 37.3 Å². The summed E-state index contributed by atoms with van der Waals surface area (Å²) in [5.41, 5.74) is 0.757. The van der Waals surface area contributed by atoms with E-state index in [4.69, 9.17) is 32.2 Å². The van der Waals surface area contributed by atoms with Gasteiger partial charge >= 0.3 is 0 Å². The highest BCUT2D eigenvalue weighted by atomic mass is 35.5. The number of rotatable bonds is 7. The second kappa shape index (κ2) is 9.61. The molecule has 3 aromatic carbocycles. The van der Waals surface area contributed by atoms with Gasteiger partial charge in [-0.3, -0.25) is 0 Å². The van der Waals surface area contributed by atoms with E-state index in [1.165, 1.54) is 0 Å². The van der Waals surface area contributed by atoms with Crippen molar-refractivity contribution in [1.29, 1.82) is 0 Å². The first-order valence-corrected chi connectivity index (χ1v) is 10.2. The standard InChI is InChI=1S/C20H16Cl2NO3P/c21-17-12-7-13-18(22)20(17)19(23-24)14-27(25-15-8-3-1-4-9-15)26-16-10-5-2-6-11-16/h1-13,24H,14H2. The Hall–Kier alpha value is -2.26. The fourth-order valence-electron chi connectivity index (χ4n) is 2.34. The number of oxime groups is 1. The van der Waals surface area contributed by atoms with E-state index in [0.29, 0.717) is 32.8 Å². The van der Waals surface area contributed by atoms with Crippen molar-refractivity contribution in [3.8, 4) is 11.5 Å². The van der Waals surface area contributed by atoms with E-state index in [9.17, 15) is 5.21 Å². The first-order valence-electron chi connectivity index (χ1n) is 8.06. The summed E-state index contributed by atoms with van der Waals surface area (Å²) in [5.74, 6) is 1.31. The maximum atomic E-state index is 9.58. The zero-order valence-corrected chi connectivity index (χ0v) is 16.5. The Balaban J connectivity index is 1.87. The van der Waals surface area contributed by atoms with Gasteiger partial charge in [-0.05, 0) is 36.4 Å². The lowest BCUT2D eigenvalue weighted by Crippen LogP contribution is -2.12. The molecule has 0 atom stereocenters. The van der Waals surface area contributed by atoms with Crippen LogP contribution in [0.4, 0.5) is 0 Å². The summed E-state index contributed by atoms with van der Waals surface area (Å²) in [4.78, 5) is 0. The molecular formula is C20H16Cl2NO3P. The zero-order chi connectivity index (χ0) is 19.1. The summed E-state index contributed by atoms with van der Waals surface area (Å²) in [5, 5.41) is 13.8. The minimum Gasteiger partial charge on any atom is -0.438 e. The first kappa shape index (κ1) is 19.5. The molecule has 0 spiro atoms. The molecule has 0 saturated heterocycles. The predicted octanol–water partition coefficient (Wildman–Crippen LogP) is 6.64. The molecule has 0 unspecified atom stereocenters. The maximum absolute atomic E-state index is 9.58. The third-order valence-electron chi connectivity index (χ3n) is 3.55. The van der Waals surface area contributed by atoms with Gasteiger partial charge in [0.05, 0.1) is 16.2 Å². The van der Waals surface area contributed by atoms with E-state index < -0.39 is 8.38 Å². The lowest BCUT2D eigenvalue weighted by molar-refractivity contribution is 0.319. The van der Waals surface area contributed by atoms with Crippen LogP contribution in [-0.4, -0.2) is 17.1 Å². The summed E-state index contributed by atoms with van der Waals surface area (Å²) in [7, 11) is -1.51.